The van der Waals surface area contributed by atoms with Crippen molar-refractivity contribution in [2.24, 2.45) is 5.92 Å². The standard InChI is InChI=1S/C17H27N3/c1-17(2,3)20-15-9-5-4-8-14(15)19-16(20)11-13-7-6-10-18-12-13/h4-5,8-9,13,16,18-19H,6-7,10-12H2,1-3H3. The Morgan fingerprint density at radius 2 is 2.05 bits per heavy atom. The topological polar surface area (TPSA) is 27.3 Å². The highest BCUT2D eigenvalue weighted by Crippen LogP contribution is 2.41. The van der Waals surface area contributed by atoms with Crippen LogP contribution in [0.5, 0.6) is 0 Å². The maximum atomic E-state index is 3.74. The van der Waals surface area contributed by atoms with Gasteiger partial charge in [-0.3, -0.25) is 0 Å². The fourth-order valence-corrected chi connectivity index (χ4v) is 3.65. The molecule has 0 aromatic heterocycles. The first-order valence-corrected chi connectivity index (χ1v) is 7.91. The number of hydrogen-bond donors (Lipinski definition) is 2. The molecule has 3 nitrogen and oxygen atoms in total. The van der Waals surface area contributed by atoms with E-state index in [4.69, 9.17) is 0 Å². The number of fused-ring (bicyclic) bond motifs is 1. The van der Waals surface area contributed by atoms with Gasteiger partial charge < -0.3 is 15.5 Å². The molecule has 2 aliphatic rings. The summed E-state index contributed by atoms with van der Waals surface area (Å²) < 4.78 is 0. The fraction of sp³-hybridized carbons (Fsp3) is 0.647. The number of para-hydroxylation sites is 2. The van der Waals surface area contributed by atoms with E-state index in [1.165, 1.54) is 43.7 Å². The third-order valence-electron chi connectivity index (χ3n) is 4.48. The van der Waals surface area contributed by atoms with Crippen LogP contribution in [0.3, 0.4) is 0 Å². The Kier molecular flexibility index (Phi) is 3.63. The van der Waals surface area contributed by atoms with Gasteiger partial charge in [-0.25, -0.2) is 0 Å². The minimum absolute atomic E-state index is 0.145. The highest BCUT2D eigenvalue weighted by Gasteiger charge is 2.36. The molecular formula is C17H27N3. The molecule has 2 atom stereocenters. The molecule has 1 aromatic rings. The van der Waals surface area contributed by atoms with Crippen LogP contribution < -0.4 is 15.5 Å². The molecule has 2 N–H and O–H groups in total. The molecule has 3 rings (SSSR count). The summed E-state index contributed by atoms with van der Waals surface area (Å²) in [5.41, 5.74) is 2.79. The van der Waals surface area contributed by atoms with E-state index in [1.54, 1.807) is 0 Å². The summed E-state index contributed by atoms with van der Waals surface area (Å²) >= 11 is 0. The lowest BCUT2D eigenvalue weighted by Gasteiger charge is -2.40. The second kappa shape index (κ2) is 5.28. The second-order valence-electron chi connectivity index (χ2n) is 7.17. The normalized spacial score (nSPS) is 26.2. The molecular weight excluding hydrogens is 246 g/mol. The second-order valence-corrected chi connectivity index (χ2v) is 7.17. The van der Waals surface area contributed by atoms with E-state index in [2.05, 4.69) is 60.6 Å². The molecule has 1 saturated heterocycles. The molecule has 0 amide bonds. The van der Waals surface area contributed by atoms with Crippen LogP contribution in [0.25, 0.3) is 0 Å². The third-order valence-corrected chi connectivity index (χ3v) is 4.48. The minimum Gasteiger partial charge on any atom is -0.363 e. The zero-order valence-electron chi connectivity index (χ0n) is 12.9. The van der Waals surface area contributed by atoms with Gasteiger partial charge in [-0.15, -0.1) is 0 Å². The number of anilines is 2. The van der Waals surface area contributed by atoms with Crippen LogP contribution in [0.4, 0.5) is 11.4 Å². The van der Waals surface area contributed by atoms with E-state index in [-0.39, 0.29) is 5.54 Å². The smallest absolute Gasteiger partial charge is 0.0999 e. The molecule has 0 bridgehead atoms. The maximum absolute atomic E-state index is 3.74. The molecule has 1 fully saturated rings. The van der Waals surface area contributed by atoms with Gasteiger partial charge in [0, 0.05) is 5.54 Å². The van der Waals surface area contributed by atoms with Crippen molar-refractivity contribution in [1.29, 1.82) is 0 Å². The summed E-state index contributed by atoms with van der Waals surface area (Å²) in [5.74, 6) is 0.792. The van der Waals surface area contributed by atoms with Crippen molar-refractivity contribution in [1.82, 2.24) is 5.32 Å². The van der Waals surface area contributed by atoms with Gasteiger partial charge in [0.1, 0.15) is 0 Å². The molecule has 110 valence electrons. The molecule has 20 heavy (non-hydrogen) atoms. The molecule has 0 aliphatic carbocycles. The summed E-state index contributed by atoms with van der Waals surface area (Å²) in [5, 5.41) is 7.27. The van der Waals surface area contributed by atoms with Crippen molar-refractivity contribution in [2.45, 2.75) is 51.7 Å². The van der Waals surface area contributed by atoms with Gasteiger partial charge in [-0.1, -0.05) is 12.1 Å². The maximum Gasteiger partial charge on any atom is 0.0999 e. The molecule has 0 saturated carbocycles. The lowest BCUT2D eigenvalue weighted by atomic mass is 9.93. The number of rotatable bonds is 2. The van der Waals surface area contributed by atoms with Gasteiger partial charge in [0.25, 0.3) is 0 Å². The lowest BCUT2D eigenvalue weighted by Crippen LogP contribution is -2.49. The van der Waals surface area contributed by atoms with Gasteiger partial charge >= 0.3 is 0 Å². The zero-order chi connectivity index (χ0) is 14.2. The Bertz CT molecular complexity index is 458. The predicted octanol–water partition coefficient (Wildman–Crippen LogP) is 3.43. The minimum atomic E-state index is 0.145. The summed E-state index contributed by atoms with van der Waals surface area (Å²) in [6.45, 7) is 9.29. The van der Waals surface area contributed by atoms with Crippen molar-refractivity contribution in [3.63, 3.8) is 0 Å². The van der Waals surface area contributed by atoms with Crippen LogP contribution in [0.1, 0.15) is 40.0 Å². The van der Waals surface area contributed by atoms with Crippen LogP contribution in [0.2, 0.25) is 0 Å². The summed E-state index contributed by atoms with van der Waals surface area (Å²) in [6.07, 6.45) is 4.33. The number of benzene rings is 1. The van der Waals surface area contributed by atoms with E-state index in [1.807, 2.05) is 0 Å². The van der Waals surface area contributed by atoms with Crippen LogP contribution in [0, 0.1) is 5.92 Å². The SMILES string of the molecule is CC(C)(C)N1c2ccccc2NC1CC1CCCNC1. The summed E-state index contributed by atoms with van der Waals surface area (Å²) in [6, 6.07) is 8.71. The van der Waals surface area contributed by atoms with Gasteiger partial charge in [-0.05, 0) is 71.2 Å². The van der Waals surface area contributed by atoms with Gasteiger partial charge in [0.15, 0.2) is 0 Å². The highest BCUT2D eigenvalue weighted by molar-refractivity contribution is 5.76. The van der Waals surface area contributed by atoms with Crippen LogP contribution in [-0.2, 0) is 0 Å². The van der Waals surface area contributed by atoms with E-state index in [0.717, 1.165) is 5.92 Å². The Hall–Kier alpha value is -1.22. The number of nitrogens with one attached hydrogen (secondary N) is 2. The van der Waals surface area contributed by atoms with Crippen LogP contribution in [-0.4, -0.2) is 24.8 Å². The van der Waals surface area contributed by atoms with Crippen molar-refractivity contribution in [2.75, 3.05) is 23.3 Å². The predicted molar refractivity (Wildman–Crippen MR) is 86.3 cm³/mol. The third kappa shape index (κ3) is 2.64. The summed E-state index contributed by atoms with van der Waals surface area (Å²) in [4.78, 5) is 2.57. The lowest BCUT2D eigenvalue weighted by molar-refractivity contribution is 0.324. The average molecular weight is 273 g/mol. The largest absolute Gasteiger partial charge is 0.363 e. The quantitative estimate of drug-likeness (QED) is 0.864. The van der Waals surface area contributed by atoms with Gasteiger partial charge in [-0.2, -0.15) is 0 Å². The molecule has 1 aromatic carbocycles. The van der Waals surface area contributed by atoms with Crippen LogP contribution >= 0.6 is 0 Å². The Morgan fingerprint density at radius 1 is 1.25 bits per heavy atom. The van der Waals surface area contributed by atoms with E-state index >= 15 is 0 Å². The Morgan fingerprint density at radius 3 is 2.75 bits per heavy atom. The Balaban J connectivity index is 1.80. The first-order valence-electron chi connectivity index (χ1n) is 7.91. The average Bonchev–Trinajstić information content (AvgIpc) is 2.77. The van der Waals surface area contributed by atoms with Crippen LogP contribution in [0.15, 0.2) is 24.3 Å². The van der Waals surface area contributed by atoms with Crippen molar-refractivity contribution < 1.29 is 0 Å². The molecule has 0 radical (unpaired) electrons. The molecule has 0 spiro atoms. The first-order chi connectivity index (χ1) is 9.55. The van der Waals surface area contributed by atoms with Gasteiger partial charge in [0.05, 0.1) is 17.5 Å². The summed E-state index contributed by atoms with van der Waals surface area (Å²) in [7, 11) is 0. The van der Waals surface area contributed by atoms with Crippen molar-refractivity contribution in [3.05, 3.63) is 24.3 Å². The fourth-order valence-electron chi connectivity index (χ4n) is 3.65. The van der Waals surface area contributed by atoms with Gasteiger partial charge in [0.2, 0.25) is 0 Å². The number of hydrogen-bond acceptors (Lipinski definition) is 3. The van der Waals surface area contributed by atoms with Crippen molar-refractivity contribution in [3.8, 4) is 0 Å². The number of nitrogens with zero attached hydrogens (tertiary/aromatic N) is 1. The van der Waals surface area contributed by atoms with E-state index in [0.29, 0.717) is 6.17 Å². The van der Waals surface area contributed by atoms with E-state index in [9.17, 15) is 0 Å². The monoisotopic (exact) mass is 273 g/mol. The van der Waals surface area contributed by atoms with Crippen molar-refractivity contribution >= 4 is 11.4 Å². The molecule has 3 heteroatoms. The highest BCUT2D eigenvalue weighted by atomic mass is 15.4. The Labute approximate surface area is 122 Å². The molecule has 2 heterocycles. The first kappa shape index (κ1) is 13.7. The zero-order valence-corrected chi connectivity index (χ0v) is 12.9. The van der Waals surface area contributed by atoms with E-state index < -0.39 is 0 Å². The number of piperidine rings is 1. The molecule has 2 unspecified atom stereocenters. The molecule has 2 aliphatic heterocycles.